The van der Waals surface area contributed by atoms with Gasteiger partial charge in [-0.1, -0.05) is 71.6 Å². The molecule has 1 N–H and O–H groups in total. The molecule has 0 heterocycles. The number of hydrogen-bond donors (Lipinski definition) is 1. The van der Waals surface area contributed by atoms with Gasteiger partial charge in [0, 0.05) is 11.4 Å². The van der Waals surface area contributed by atoms with Crippen molar-refractivity contribution in [2.45, 2.75) is 103 Å². The Morgan fingerprint density at radius 2 is 1.30 bits per heavy atom. The van der Waals surface area contributed by atoms with Crippen LogP contribution in [0.2, 0.25) is 0 Å². The van der Waals surface area contributed by atoms with Gasteiger partial charge in [0.1, 0.15) is 0 Å². The van der Waals surface area contributed by atoms with Gasteiger partial charge in [0.25, 0.3) is 0 Å². The van der Waals surface area contributed by atoms with Gasteiger partial charge in [-0.25, -0.2) is 0 Å². The molecule has 1 unspecified atom stereocenters. The van der Waals surface area contributed by atoms with E-state index in [-0.39, 0.29) is 5.54 Å². The Kier molecular flexibility index (Phi) is 14.4. The van der Waals surface area contributed by atoms with Gasteiger partial charge in [0.2, 0.25) is 0 Å². The Morgan fingerprint density at radius 3 is 1.75 bits per heavy atom. The van der Waals surface area contributed by atoms with Crippen molar-refractivity contribution in [3.63, 3.8) is 0 Å². The van der Waals surface area contributed by atoms with Crippen molar-refractivity contribution in [1.29, 1.82) is 0 Å². The van der Waals surface area contributed by atoms with Gasteiger partial charge >= 0.3 is 0 Å². The Labute approximate surface area is 133 Å². The van der Waals surface area contributed by atoms with Crippen molar-refractivity contribution in [3.05, 3.63) is 0 Å². The number of unbranched alkanes of at least 4 members (excludes halogenated alkanes) is 9. The first-order chi connectivity index (χ1) is 9.68. The summed E-state index contributed by atoms with van der Waals surface area (Å²) < 4.78 is 0. The quantitative estimate of drug-likeness (QED) is 0.277. The molecule has 0 amide bonds. The fourth-order valence-electron chi connectivity index (χ4n) is 2.60. The fraction of sp³-hybridized carbons (Fsp3) is 1.00. The molecule has 0 bridgehead atoms. The predicted molar refractivity (Wildman–Crippen MR) is 93.9 cm³/mol. The molecular weight excluding hydrogens is 266 g/mol. The van der Waals surface area contributed by atoms with Crippen LogP contribution in [0, 0.1) is 0 Å². The van der Waals surface area contributed by atoms with Crippen molar-refractivity contribution >= 4 is 11.6 Å². The molecule has 1 atom stereocenters. The molecule has 0 aromatic carbocycles. The summed E-state index contributed by atoms with van der Waals surface area (Å²) in [5.41, 5.74) is 0.251. The number of nitrogens with one attached hydrogen (secondary N) is 1. The standard InChI is InChI=1S/C18H38ClN/c1-4-6-7-8-9-10-11-12-13-14-17-20-18(3,5-2)15-16-19/h20H,4-17H2,1-3H3. The van der Waals surface area contributed by atoms with E-state index in [0.29, 0.717) is 0 Å². The van der Waals surface area contributed by atoms with Crippen LogP contribution >= 0.6 is 11.6 Å². The van der Waals surface area contributed by atoms with Gasteiger partial charge in [-0.3, -0.25) is 0 Å². The SMILES string of the molecule is CCCCCCCCCCCCNC(C)(CC)CCCl. The highest BCUT2D eigenvalue weighted by molar-refractivity contribution is 6.17. The lowest BCUT2D eigenvalue weighted by Gasteiger charge is -2.29. The second-order valence-electron chi connectivity index (χ2n) is 6.46. The molecule has 1 nitrogen and oxygen atoms in total. The zero-order valence-electron chi connectivity index (χ0n) is 14.3. The highest BCUT2D eigenvalue weighted by Gasteiger charge is 2.19. The van der Waals surface area contributed by atoms with E-state index >= 15 is 0 Å². The highest BCUT2D eigenvalue weighted by atomic mass is 35.5. The van der Waals surface area contributed by atoms with E-state index in [0.717, 1.165) is 25.3 Å². The summed E-state index contributed by atoms with van der Waals surface area (Å²) >= 11 is 5.87. The molecular formula is C18H38ClN. The van der Waals surface area contributed by atoms with Gasteiger partial charge in [-0.15, -0.1) is 11.6 Å². The Bertz CT molecular complexity index is 196. The summed E-state index contributed by atoms with van der Waals surface area (Å²) in [6.45, 7) is 7.98. The molecule has 0 aliphatic heterocycles. The van der Waals surface area contributed by atoms with Crippen LogP contribution in [-0.4, -0.2) is 18.0 Å². The number of hydrogen-bond acceptors (Lipinski definition) is 1. The molecule has 0 aromatic rings. The molecule has 0 rings (SSSR count). The monoisotopic (exact) mass is 303 g/mol. The van der Waals surface area contributed by atoms with Gasteiger partial charge in [0.05, 0.1) is 0 Å². The zero-order chi connectivity index (χ0) is 15.1. The third kappa shape index (κ3) is 12.0. The van der Waals surface area contributed by atoms with Crippen LogP contribution in [0.3, 0.4) is 0 Å². The van der Waals surface area contributed by atoms with Gasteiger partial charge < -0.3 is 5.32 Å². The van der Waals surface area contributed by atoms with Crippen LogP contribution in [0.5, 0.6) is 0 Å². The maximum atomic E-state index is 5.87. The molecule has 0 aliphatic rings. The summed E-state index contributed by atoms with van der Waals surface area (Å²) in [7, 11) is 0. The summed E-state index contributed by atoms with van der Waals surface area (Å²) in [4.78, 5) is 0. The zero-order valence-corrected chi connectivity index (χ0v) is 15.0. The molecule has 20 heavy (non-hydrogen) atoms. The normalized spacial score (nSPS) is 14.4. The maximum Gasteiger partial charge on any atom is 0.0240 e. The van der Waals surface area contributed by atoms with Crippen LogP contribution in [0.25, 0.3) is 0 Å². The largest absolute Gasteiger partial charge is 0.311 e. The van der Waals surface area contributed by atoms with Crippen LogP contribution in [0.1, 0.15) is 97.8 Å². The molecule has 0 fully saturated rings. The first-order valence-corrected chi connectivity index (χ1v) is 9.53. The second kappa shape index (κ2) is 14.2. The minimum Gasteiger partial charge on any atom is -0.311 e. The van der Waals surface area contributed by atoms with E-state index in [9.17, 15) is 0 Å². The van der Waals surface area contributed by atoms with E-state index < -0.39 is 0 Å². The number of halogens is 1. The van der Waals surface area contributed by atoms with Gasteiger partial charge in [0.15, 0.2) is 0 Å². The molecule has 0 saturated carbocycles. The summed E-state index contributed by atoms with van der Waals surface area (Å²) in [5.74, 6) is 0.759. The average Bonchev–Trinajstić information content (AvgIpc) is 2.45. The summed E-state index contributed by atoms with van der Waals surface area (Å²) in [5, 5.41) is 3.69. The van der Waals surface area contributed by atoms with Crippen LogP contribution in [-0.2, 0) is 0 Å². The maximum absolute atomic E-state index is 5.87. The highest BCUT2D eigenvalue weighted by Crippen LogP contribution is 2.15. The molecule has 0 aromatic heterocycles. The van der Waals surface area contributed by atoms with E-state index in [2.05, 4.69) is 26.1 Å². The molecule has 0 radical (unpaired) electrons. The van der Waals surface area contributed by atoms with E-state index in [1.54, 1.807) is 0 Å². The van der Waals surface area contributed by atoms with Crippen molar-refractivity contribution in [2.24, 2.45) is 0 Å². The van der Waals surface area contributed by atoms with Crippen LogP contribution < -0.4 is 5.32 Å². The average molecular weight is 304 g/mol. The van der Waals surface area contributed by atoms with E-state index in [1.807, 2.05) is 0 Å². The minimum atomic E-state index is 0.251. The van der Waals surface area contributed by atoms with Crippen LogP contribution in [0.15, 0.2) is 0 Å². The summed E-state index contributed by atoms with van der Waals surface area (Å²) in [6.07, 6.45) is 16.3. The lowest BCUT2D eigenvalue weighted by Crippen LogP contribution is -2.42. The van der Waals surface area contributed by atoms with Crippen molar-refractivity contribution < 1.29 is 0 Å². The lowest BCUT2D eigenvalue weighted by molar-refractivity contribution is 0.329. The van der Waals surface area contributed by atoms with Gasteiger partial charge in [-0.05, 0) is 32.7 Å². The van der Waals surface area contributed by atoms with E-state index in [1.165, 1.54) is 64.2 Å². The molecule has 0 saturated heterocycles. The molecule has 0 aliphatic carbocycles. The Morgan fingerprint density at radius 1 is 0.800 bits per heavy atom. The van der Waals surface area contributed by atoms with E-state index in [4.69, 9.17) is 11.6 Å². The smallest absolute Gasteiger partial charge is 0.0240 e. The fourth-order valence-corrected chi connectivity index (χ4v) is 3.02. The van der Waals surface area contributed by atoms with Crippen molar-refractivity contribution in [1.82, 2.24) is 5.32 Å². The molecule has 122 valence electrons. The topological polar surface area (TPSA) is 12.0 Å². The van der Waals surface area contributed by atoms with Crippen LogP contribution in [0.4, 0.5) is 0 Å². The molecule has 0 spiro atoms. The van der Waals surface area contributed by atoms with Crippen molar-refractivity contribution in [2.75, 3.05) is 12.4 Å². The number of alkyl halides is 1. The lowest BCUT2D eigenvalue weighted by atomic mass is 9.95. The number of rotatable bonds is 15. The predicted octanol–water partition coefficient (Wildman–Crippen LogP) is 6.29. The third-order valence-electron chi connectivity index (χ3n) is 4.51. The summed E-state index contributed by atoms with van der Waals surface area (Å²) in [6, 6.07) is 0. The van der Waals surface area contributed by atoms with Crippen molar-refractivity contribution in [3.8, 4) is 0 Å². The Balaban J connectivity index is 3.27. The Hall–Kier alpha value is 0.250. The minimum absolute atomic E-state index is 0.251. The second-order valence-corrected chi connectivity index (χ2v) is 6.84. The first kappa shape index (κ1) is 20.2. The van der Waals surface area contributed by atoms with Gasteiger partial charge in [-0.2, -0.15) is 0 Å². The third-order valence-corrected chi connectivity index (χ3v) is 4.70. The molecule has 2 heteroatoms. The first-order valence-electron chi connectivity index (χ1n) is 8.99.